The highest BCUT2D eigenvalue weighted by Crippen LogP contribution is 1.45. The SMILES string of the molecule is Cl.NC(=O)/C=N/O. The first kappa shape index (κ1) is 9.52. The van der Waals surface area contributed by atoms with Crippen molar-refractivity contribution in [3.63, 3.8) is 0 Å². The lowest BCUT2D eigenvalue weighted by atomic mass is 10.7. The molecule has 0 aromatic rings. The number of nitrogens with zero attached hydrogens (tertiary/aromatic N) is 1. The van der Waals surface area contributed by atoms with Gasteiger partial charge in [0.1, 0.15) is 6.21 Å². The molecule has 0 bridgehead atoms. The summed E-state index contributed by atoms with van der Waals surface area (Å²) in [6.45, 7) is 0. The predicted octanol–water partition coefficient (Wildman–Crippen LogP) is -0.647. The summed E-state index contributed by atoms with van der Waals surface area (Å²) >= 11 is 0. The number of carbonyl (C=O) groups is 1. The third kappa shape index (κ3) is 11.0. The summed E-state index contributed by atoms with van der Waals surface area (Å²) in [5, 5.41) is 9.84. The van der Waals surface area contributed by atoms with E-state index in [1.54, 1.807) is 0 Å². The van der Waals surface area contributed by atoms with Crippen LogP contribution in [0, 0.1) is 0 Å². The Labute approximate surface area is 46.4 Å². The molecular formula is C2H5ClN2O2. The van der Waals surface area contributed by atoms with E-state index in [0.717, 1.165) is 0 Å². The number of halogens is 1. The summed E-state index contributed by atoms with van der Waals surface area (Å²) in [5.41, 5.74) is 4.45. The minimum absolute atomic E-state index is 0. The van der Waals surface area contributed by atoms with Crippen molar-refractivity contribution >= 4 is 24.5 Å². The number of rotatable bonds is 1. The van der Waals surface area contributed by atoms with E-state index in [4.69, 9.17) is 5.21 Å². The minimum Gasteiger partial charge on any atom is -0.411 e. The largest absolute Gasteiger partial charge is 0.411 e. The number of hydrogen-bond acceptors (Lipinski definition) is 3. The number of amides is 1. The molecule has 0 radical (unpaired) electrons. The Hall–Kier alpha value is -0.770. The van der Waals surface area contributed by atoms with Crippen LogP contribution in [-0.2, 0) is 4.79 Å². The third-order valence-electron chi connectivity index (χ3n) is 0.185. The van der Waals surface area contributed by atoms with Crippen LogP contribution in [0.15, 0.2) is 5.16 Å². The van der Waals surface area contributed by atoms with Gasteiger partial charge < -0.3 is 10.9 Å². The second-order valence-electron chi connectivity index (χ2n) is 0.647. The van der Waals surface area contributed by atoms with Crippen molar-refractivity contribution in [1.29, 1.82) is 0 Å². The summed E-state index contributed by atoms with van der Waals surface area (Å²) in [7, 11) is 0. The molecular weight excluding hydrogens is 119 g/mol. The van der Waals surface area contributed by atoms with Gasteiger partial charge >= 0.3 is 0 Å². The van der Waals surface area contributed by atoms with Crippen molar-refractivity contribution in [2.75, 3.05) is 0 Å². The molecule has 0 heterocycles. The van der Waals surface area contributed by atoms with Crippen molar-refractivity contribution < 1.29 is 10.0 Å². The van der Waals surface area contributed by atoms with Gasteiger partial charge in [0, 0.05) is 0 Å². The highest BCUT2D eigenvalue weighted by atomic mass is 35.5. The molecule has 3 N–H and O–H groups in total. The third-order valence-corrected chi connectivity index (χ3v) is 0.185. The Bertz CT molecular complexity index is 81.8. The monoisotopic (exact) mass is 124 g/mol. The lowest BCUT2D eigenvalue weighted by molar-refractivity contribution is -0.111. The fraction of sp³-hybridized carbons (Fsp3) is 0. The molecule has 5 heteroatoms. The second-order valence-corrected chi connectivity index (χ2v) is 0.647. The van der Waals surface area contributed by atoms with Crippen molar-refractivity contribution in [3.8, 4) is 0 Å². The maximum absolute atomic E-state index is 9.51. The molecule has 4 nitrogen and oxygen atoms in total. The summed E-state index contributed by atoms with van der Waals surface area (Å²) in [4.78, 5) is 9.51. The molecule has 0 spiro atoms. The van der Waals surface area contributed by atoms with Crippen LogP contribution in [-0.4, -0.2) is 17.3 Å². The predicted molar refractivity (Wildman–Crippen MR) is 26.7 cm³/mol. The molecule has 0 aliphatic heterocycles. The highest BCUT2D eigenvalue weighted by Gasteiger charge is 1.77. The van der Waals surface area contributed by atoms with E-state index in [1.165, 1.54) is 0 Å². The van der Waals surface area contributed by atoms with E-state index in [9.17, 15) is 4.79 Å². The average Bonchev–Trinajstić information content (AvgIpc) is 1.35. The molecule has 0 unspecified atom stereocenters. The van der Waals surface area contributed by atoms with Gasteiger partial charge in [-0.05, 0) is 0 Å². The Kier molecular flexibility index (Phi) is 7.12. The lowest BCUT2D eigenvalue weighted by Gasteiger charge is -1.68. The normalized spacial score (nSPS) is 8.00. The molecule has 0 aliphatic rings. The van der Waals surface area contributed by atoms with Gasteiger partial charge in [-0.15, -0.1) is 12.4 Å². The number of carbonyl (C=O) groups excluding carboxylic acids is 1. The average molecular weight is 125 g/mol. The molecule has 0 aliphatic carbocycles. The van der Waals surface area contributed by atoms with E-state index in [0.29, 0.717) is 6.21 Å². The molecule has 0 aromatic carbocycles. The quantitative estimate of drug-likeness (QED) is 0.277. The summed E-state index contributed by atoms with van der Waals surface area (Å²) < 4.78 is 0. The van der Waals surface area contributed by atoms with Crippen LogP contribution in [0.1, 0.15) is 0 Å². The Morgan fingerprint density at radius 2 is 2.29 bits per heavy atom. The van der Waals surface area contributed by atoms with E-state index in [1.807, 2.05) is 0 Å². The van der Waals surface area contributed by atoms with E-state index >= 15 is 0 Å². The zero-order valence-corrected chi connectivity index (χ0v) is 4.18. The number of primary amides is 1. The molecule has 0 rings (SSSR count). The molecule has 42 valence electrons. The van der Waals surface area contributed by atoms with Crippen LogP contribution in [0.4, 0.5) is 0 Å². The Morgan fingerprint density at radius 3 is 2.29 bits per heavy atom. The van der Waals surface area contributed by atoms with Gasteiger partial charge in [0.05, 0.1) is 0 Å². The summed E-state index contributed by atoms with van der Waals surface area (Å²) in [6, 6.07) is 0. The van der Waals surface area contributed by atoms with E-state index in [2.05, 4.69) is 10.9 Å². The van der Waals surface area contributed by atoms with E-state index < -0.39 is 5.91 Å². The fourth-order valence-electron chi connectivity index (χ4n) is 0.0569. The van der Waals surface area contributed by atoms with Crippen molar-refractivity contribution in [3.05, 3.63) is 0 Å². The van der Waals surface area contributed by atoms with Gasteiger partial charge in [-0.2, -0.15) is 0 Å². The second kappa shape index (κ2) is 5.23. The highest BCUT2D eigenvalue weighted by molar-refractivity contribution is 6.25. The molecule has 0 saturated carbocycles. The number of hydrogen-bond donors (Lipinski definition) is 2. The van der Waals surface area contributed by atoms with Crippen LogP contribution in [0.3, 0.4) is 0 Å². The van der Waals surface area contributed by atoms with Gasteiger partial charge in [0.15, 0.2) is 0 Å². The molecule has 0 aromatic heterocycles. The van der Waals surface area contributed by atoms with Gasteiger partial charge in [-0.1, -0.05) is 5.16 Å². The number of oxime groups is 1. The first-order chi connectivity index (χ1) is 2.77. The maximum atomic E-state index is 9.51. The zero-order chi connectivity index (χ0) is 4.99. The van der Waals surface area contributed by atoms with Crippen LogP contribution < -0.4 is 5.73 Å². The lowest BCUT2D eigenvalue weighted by Crippen LogP contribution is -2.10. The van der Waals surface area contributed by atoms with Crippen LogP contribution in [0.5, 0.6) is 0 Å². The first-order valence-electron chi connectivity index (χ1n) is 1.24. The summed E-state index contributed by atoms with van der Waals surface area (Å²) in [6.07, 6.45) is 0.611. The van der Waals surface area contributed by atoms with Gasteiger partial charge in [-0.25, -0.2) is 0 Å². The van der Waals surface area contributed by atoms with Gasteiger partial charge in [0.25, 0.3) is 5.91 Å². The first-order valence-corrected chi connectivity index (χ1v) is 1.24. The molecule has 0 atom stereocenters. The smallest absolute Gasteiger partial charge is 0.263 e. The van der Waals surface area contributed by atoms with Crippen molar-refractivity contribution in [2.24, 2.45) is 10.9 Å². The Morgan fingerprint density at radius 1 is 1.86 bits per heavy atom. The van der Waals surface area contributed by atoms with Crippen molar-refractivity contribution in [2.45, 2.75) is 0 Å². The topological polar surface area (TPSA) is 75.7 Å². The molecule has 1 amide bonds. The van der Waals surface area contributed by atoms with Crippen molar-refractivity contribution in [1.82, 2.24) is 0 Å². The fourth-order valence-corrected chi connectivity index (χ4v) is 0.0569. The maximum Gasteiger partial charge on any atom is 0.263 e. The van der Waals surface area contributed by atoms with Crippen LogP contribution in [0.2, 0.25) is 0 Å². The van der Waals surface area contributed by atoms with Gasteiger partial charge in [0.2, 0.25) is 0 Å². The Balaban J connectivity index is 0. The molecule has 7 heavy (non-hydrogen) atoms. The number of nitrogens with two attached hydrogens (primary N) is 1. The minimum atomic E-state index is -0.752. The van der Waals surface area contributed by atoms with E-state index in [-0.39, 0.29) is 12.4 Å². The van der Waals surface area contributed by atoms with Crippen LogP contribution >= 0.6 is 12.4 Å². The zero-order valence-electron chi connectivity index (χ0n) is 3.37. The summed E-state index contributed by atoms with van der Waals surface area (Å²) in [5.74, 6) is -0.752. The standard InChI is InChI=1S/C2H4N2O2.ClH/c3-2(5)1-4-6;/h1,6H,(H2,3,5);1H/b4-1+;. The van der Waals surface area contributed by atoms with Crippen LogP contribution in [0.25, 0.3) is 0 Å². The molecule has 0 saturated heterocycles. The molecule has 0 fully saturated rings. The van der Waals surface area contributed by atoms with Gasteiger partial charge in [-0.3, -0.25) is 4.79 Å².